The lowest BCUT2D eigenvalue weighted by atomic mass is 10.3. The van der Waals surface area contributed by atoms with Crippen LogP contribution in [0.1, 0.15) is 0 Å². The Morgan fingerprint density at radius 2 is 1.77 bits per heavy atom. The van der Waals surface area contributed by atoms with Gasteiger partial charge in [-0.3, -0.25) is 0 Å². The standard InChI is InChI=1S/C16H15N3O2S/c1-2-12-19-16(17-13-8-4-3-5-9-13)18-14-10-6-7-11-15(14)22(19,20)21/h2-11H,1,12H2,(H,17,18). The molecule has 0 amide bonds. The van der Waals surface area contributed by atoms with Crippen LogP contribution >= 0.6 is 0 Å². The highest BCUT2D eigenvalue weighted by Gasteiger charge is 2.33. The predicted molar refractivity (Wildman–Crippen MR) is 87.7 cm³/mol. The number of para-hydroxylation sites is 2. The van der Waals surface area contributed by atoms with Crippen molar-refractivity contribution in [2.75, 3.05) is 11.9 Å². The third kappa shape index (κ3) is 2.48. The molecule has 1 heterocycles. The molecule has 0 atom stereocenters. The molecule has 2 aromatic rings. The molecule has 0 bridgehead atoms. The molecule has 6 heteroatoms. The minimum Gasteiger partial charge on any atom is -0.325 e. The summed E-state index contributed by atoms with van der Waals surface area (Å²) in [5, 5.41) is 3.06. The largest absolute Gasteiger partial charge is 0.325 e. The van der Waals surface area contributed by atoms with E-state index in [1.165, 1.54) is 10.4 Å². The van der Waals surface area contributed by atoms with Crippen molar-refractivity contribution >= 4 is 27.4 Å². The molecule has 1 aliphatic rings. The van der Waals surface area contributed by atoms with Crippen LogP contribution in [0.2, 0.25) is 0 Å². The van der Waals surface area contributed by atoms with E-state index in [0.29, 0.717) is 5.69 Å². The summed E-state index contributed by atoms with van der Waals surface area (Å²) in [6, 6.07) is 16.0. The molecular formula is C16H15N3O2S. The Balaban J connectivity index is 2.10. The smallest absolute Gasteiger partial charge is 0.269 e. The van der Waals surface area contributed by atoms with E-state index in [2.05, 4.69) is 16.9 Å². The molecule has 22 heavy (non-hydrogen) atoms. The average Bonchev–Trinajstić information content (AvgIpc) is 2.52. The minimum atomic E-state index is -3.65. The van der Waals surface area contributed by atoms with Crippen molar-refractivity contribution in [3.8, 4) is 0 Å². The molecule has 0 unspecified atom stereocenters. The normalized spacial score (nSPS) is 15.6. The van der Waals surface area contributed by atoms with E-state index >= 15 is 0 Å². The lowest BCUT2D eigenvalue weighted by molar-refractivity contribution is 0.536. The summed E-state index contributed by atoms with van der Waals surface area (Å²) in [6.45, 7) is 3.78. The maximum absolute atomic E-state index is 12.8. The number of aliphatic imine (C=N–C) groups is 1. The Morgan fingerprint density at radius 3 is 2.50 bits per heavy atom. The molecule has 0 aromatic heterocycles. The number of hydrogen-bond donors (Lipinski definition) is 1. The average molecular weight is 313 g/mol. The van der Waals surface area contributed by atoms with Gasteiger partial charge in [-0.2, -0.15) is 0 Å². The Hall–Kier alpha value is -2.60. The summed E-state index contributed by atoms with van der Waals surface area (Å²) >= 11 is 0. The van der Waals surface area contributed by atoms with Gasteiger partial charge < -0.3 is 5.32 Å². The maximum atomic E-state index is 12.8. The van der Waals surface area contributed by atoms with Crippen molar-refractivity contribution in [3.63, 3.8) is 0 Å². The fraction of sp³-hybridized carbons (Fsp3) is 0.0625. The SMILES string of the molecule is C=CCN1C(Nc2ccccc2)=Nc2ccccc2S1(=O)=O. The Labute approximate surface area is 129 Å². The van der Waals surface area contributed by atoms with Crippen LogP contribution in [-0.2, 0) is 10.0 Å². The van der Waals surface area contributed by atoms with Crippen molar-refractivity contribution in [3.05, 3.63) is 67.3 Å². The molecule has 0 saturated carbocycles. The quantitative estimate of drug-likeness (QED) is 0.886. The second-order valence-corrected chi connectivity index (χ2v) is 6.55. The van der Waals surface area contributed by atoms with Crippen molar-refractivity contribution in [1.82, 2.24) is 4.31 Å². The highest BCUT2D eigenvalue weighted by molar-refractivity contribution is 7.90. The molecule has 0 fully saturated rings. The summed E-state index contributed by atoms with van der Waals surface area (Å²) in [5.41, 5.74) is 1.20. The first-order valence-corrected chi connectivity index (χ1v) is 8.20. The van der Waals surface area contributed by atoms with Gasteiger partial charge in [0.15, 0.2) is 0 Å². The monoisotopic (exact) mass is 313 g/mol. The van der Waals surface area contributed by atoms with Crippen molar-refractivity contribution < 1.29 is 8.42 Å². The van der Waals surface area contributed by atoms with E-state index in [-0.39, 0.29) is 17.4 Å². The minimum absolute atomic E-state index is 0.148. The van der Waals surface area contributed by atoms with Gasteiger partial charge in [-0.1, -0.05) is 36.4 Å². The third-order valence-corrected chi connectivity index (χ3v) is 5.02. The van der Waals surface area contributed by atoms with Crippen LogP contribution in [0.25, 0.3) is 0 Å². The lowest BCUT2D eigenvalue weighted by Crippen LogP contribution is -2.43. The molecule has 112 valence electrons. The molecule has 2 aromatic carbocycles. The molecule has 1 aliphatic heterocycles. The first kappa shape index (κ1) is 14.3. The Bertz CT molecular complexity index is 829. The first-order valence-electron chi connectivity index (χ1n) is 6.76. The van der Waals surface area contributed by atoms with Crippen molar-refractivity contribution in [2.45, 2.75) is 4.90 Å². The number of nitrogens with one attached hydrogen (secondary N) is 1. The van der Waals surface area contributed by atoms with Crippen LogP contribution in [0.15, 0.2) is 77.1 Å². The molecule has 0 saturated heterocycles. The van der Waals surface area contributed by atoms with Gasteiger partial charge in [-0.25, -0.2) is 17.7 Å². The van der Waals surface area contributed by atoms with Gasteiger partial charge in [-0.05, 0) is 24.3 Å². The number of fused-ring (bicyclic) bond motifs is 1. The first-order chi connectivity index (χ1) is 10.6. The zero-order valence-electron chi connectivity index (χ0n) is 11.8. The molecule has 1 N–H and O–H groups in total. The fourth-order valence-corrected chi connectivity index (χ4v) is 3.69. The number of rotatable bonds is 3. The topological polar surface area (TPSA) is 61.8 Å². The second-order valence-electron chi connectivity index (χ2n) is 4.72. The predicted octanol–water partition coefficient (Wildman–Crippen LogP) is 2.98. The highest BCUT2D eigenvalue weighted by atomic mass is 32.2. The number of anilines is 1. The van der Waals surface area contributed by atoms with Gasteiger partial charge in [0.1, 0.15) is 4.90 Å². The molecule has 0 spiro atoms. The number of hydrogen-bond acceptors (Lipinski definition) is 4. The van der Waals surface area contributed by atoms with E-state index in [1.54, 1.807) is 24.3 Å². The number of sulfonamides is 1. The van der Waals surface area contributed by atoms with Crippen molar-refractivity contribution in [1.29, 1.82) is 0 Å². The van der Waals surface area contributed by atoms with Gasteiger partial charge in [0, 0.05) is 5.69 Å². The van der Waals surface area contributed by atoms with Crippen LogP contribution < -0.4 is 5.32 Å². The number of benzene rings is 2. The van der Waals surface area contributed by atoms with Crippen LogP contribution in [0.5, 0.6) is 0 Å². The van der Waals surface area contributed by atoms with E-state index < -0.39 is 10.0 Å². The molecule has 3 rings (SSSR count). The summed E-state index contributed by atoms with van der Waals surface area (Å²) < 4.78 is 26.7. The van der Waals surface area contributed by atoms with Crippen LogP contribution in [-0.4, -0.2) is 25.2 Å². The van der Waals surface area contributed by atoms with Gasteiger partial charge in [0.05, 0.1) is 12.2 Å². The van der Waals surface area contributed by atoms with Gasteiger partial charge in [-0.15, -0.1) is 6.58 Å². The number of nitrogens with zero attached hydrogens (tertiary/aromatic N) is 2. The van der Waals surface area contributed by atoms with Gasteiger partial charge >= 0.3 is 0 Å². The van der Waals surface area contributed by atoms with E-state index in [0.717, 1.165) is 5.69 Å². The van der Waals surface area contributed by atoms with Gasteiger partial charge in [0.25, 0.3) is 10.0 Å². The van der Waals surface area contributed by atoms with Crippen LogP contribution in [0.4, 0.5) is 11.4 Å². The Kier molecular flexibility index (Phi) is 3.68. The molecule has 0 radical (unpaired) electrons. The van der Waals surface area contributed by atoms with E-state index in [1.807, 2.05) is 30.3 Å². The van der Waals surface area contributed by atoms with E-state index in [9.17, 15) is 8.42 Å². The summed E-state index contributed by atoms with van der Waals surface area (Å²) in [7, 11) is -3.65. The summed E-state index contributed by atoms with van der Waals surface area (Å²) in [6.07, 6.45) is 1.54. The zero-order chi connectivity index (χ0) is 15.6. The summed E-state index contributed by atoms with van der Waals surface area (Å²) in [4.78, 5) is 4.64. The highest BCUT2D eigenvalue weighted by Crippen LogP contribution is 2.32. The zero-order valence-corrected chi connectivity index (χ0v) is 12.6. The number of guanidine groups is 1. The third-order valence-electron chi connectivity index (χ3n) is 3.22. The molecule has 5 nitrogen and oxygen atoms in total. The molecule has 0 aliphatic carbocycles. The van der Waals surface area contributed by atoms with Crippen LogP contribution in [0.3, 0.4) is 0 Å². The molecular weight excluding hydrogens is 298 g/mol. The maximum Gasteiger partial charge on any atom is 0.269 e. The second kappa shape index (κ2) is 5.65. The van der Waals surface area contributed by atoms with Crippen molar-refractivity contribution in [2.24, 2.45) is 4.99 Å². The Morgan fingerprint density at radius 1 is 1.09 bits per heavy atom. The lowest BCUT2D eigenvalue weighted by Gasteiger charge is -2.29. The van der Waals surface area contributed by atoms with E-state index in [4.69, 9.17) is 0 Å². The van der Waals surface area contributed by atoms with Gasteiger partial charge in [0.2, 0.25) is 5.96 Å². The summed E-state index contributed by atoms with van der Waals surface area (Å²) in [5.74, 6) is 0.268. The van der Waals surface area contributed by atoms with Crippen LogP contribution in [0, 0.1) is 0 Å². The fourth-order valence-electron chi connectivity index (χ4n) is 2.21.